The van der Waals surface area contributed by atoms with Gasteiger partial charge in [0, 0.05) is 33.1 Å². The van der Waals surface area contributed by atoms with Crippen molar-refractivity contribution in [3.63, 3.8) is 0 Å². The minimum Gasteiger partial charge on any atom is -0.355 e. The predicted molar refractivity (Wildman–Crippen MR) is 55.0 cm³/mol. The highest BCUT2D eigenvalue weighted by atomic mass is 32.2. The summed E-state index contributed by atoms with van der Waals surface area (Å²) < 4.78 is 31.7. The number of sulfone groups is 1. The van der Waals surface area contributed by atoms with Gasteiger partial charge >= 0.3 is 0 Å². The van der Waals surface area contributed by atoms with Crippen LogP contribution in [0.2, 0.25) is 0 Å². The predicted octanol–water partition coefficient (Wildman–Crippen LogP) is -0.372. The van der Waals surface area contributed by atoms with Crippen molar-refractivity contribution in [1.82, 2.24) is 5.32 Å². The molecular formula is C8H19NO4S. The largest absolute Gasteiger partial charge is 0.355 e. The van der Waals surface area contributed by atoms with Gasteiger partial charge in [0.2, 0.25) is 0 Å². The Balaban J connectivity index is 3.79. The molecule has 1 atom stereocenters. The van der Waals surface area contributed by atoms with Gasteiger partial charge < -0.3 is 14.8 Å². The molecule has 0 aliphatic carbocycles. The van der Waals surface area contributed by atoms with E-state index in [2.05, 4.69) is 5.32 Å². The first kappa shape index (κ1) is 13.8. The third-order valence-electron chi connectivity index (χ3n) is 1.71. The summed E-state index contributed by atoms with van der Waals surface area (Å²) in [5.41, 5.74) is 0. The SMILES string of the molecule is COC(CNC(C)CS(C)(=O)=O)OC. The van der Waals surface area contributed by atoms with Crippen LogP contribution in [0.15, 0.2) is 0 Å². The normalized spacial score (nSPS) is 14.6. The lowest BCUT2D eigenvalue weighted by Gasteiger charge is -2.17. The van der Waals surface area contributed by atoms with Gasteiger partial charge in [0.05, 0.1) is 5.75 Å². The van der Waals surface area contributed by atoms with E-state index in [1.54, 1.807) is 0 Å². The molecule has 6 heteroatoms. The third kappa shape index (κ3) is 7.25. The fraction of sp³-hybridized carbons (Fsp3) is 1.00. The van der Waals surface area contributed by atoms with Gasteiger partial charge in [0.15, 0.2) is 6.29 Å². The zero-order valence-corrected chi connectivity index (χ0v) is 9.93. The first-order chi connectivity index (χ1) is 6.39. The van der Waals surface area contributed by atoms with Gasteiger partial charge in [0.1, 0.15) is 9.84 Å². The number of methoxy groups -OCH3 is 2. The fourth-order valence-electron chi connectivity index (χ4n) is 1.07. The molecule has 0 radical (unpaired) electrons. The van der Waals surface area contributed by atoms with E-state index in [9.17, 15) is 8.42 Å². The number of hydrogen-bond donors (Lipinski definition) is 1. The number of rotatable bonds is 7. The van der Waals surface area contributed by atoms with Crippen LogP contribution in [-0.4, -0.2) is 53.5 Å². The smallest absolute Gasteiger partial charge is 0.169 e. The summed E-state index contributed by atoms with van der Waals surface area (Å²) in [4.78, 5) is 0. The Hall–Kier alpha value is -0.170. The lowest BCUT2D eigenvalue weighted by Crippen LogP contribution is -2.39. The summed E-state index contributed by atoms with van der Waals surface area (Å²) >= 11 is 0. The second-order valence-electron chi connectivity index (χ2n) is 3.30. The molecule has 0 aromatic carbocycles. The maximum atomic E-state index is 10.9. The lowest BCUT2D eigenvalue weighted by molar-refractivity contribution is -0.0994. The molecule has 14 heavy (non-hydrogen) atoms. The molecule has 0 rings (SSSR count). The average molecular weight is 225 g/mol. The van der Waals surface area contributed by atoms with Crippen LogP contribution >= 0.6 is 0 Å². The van der Waals surface area contributed by atoms with Crippen molar-refractivity contribution in [1.29, 1.82) is 0 Å². The first-order valence-electron chi connectivity index (χ1n) is 4.35. The van der Waals surface area contributed by atoms with Crippen molar-refractivity contribution in [3.8, 4) is 0 Å². The highest BCUT2D eigenvalue weighted by Crippen LogP contribution is 1.93. The molecule has 1 N–H and O–H groups in total. The summed E-state index contributed by atoms with van der Waals surface area (Å²) in [6, 6.07) is -0.0993. The van der Waals surface area contributed by atoms with Crippen LogP contribution in [0.5, 0.6) is 0 Å². The zero-order valence-electron chi connectivity index (χ0n) is 9.11. The molecule has 0 aromatic rings. The fourth-order valence-corrected chi connectivity index (χ4v) is 2.10. The van der Waals surface area contributed by atoms with Crippen molar-refractivity contribution in [2.45, 2.75) is 19.3 Å². The van der Waals surface area contributed by atoms with Gasteiger partial charge in [-0.25, -0.2) is 8.42 Å². The summed E-state index contributed by atoms with van der Waals surface area (Å²) in [7, 11) is 0.149. The summed E-state index contributed by atoms with van der Waals surface area (Å²) in [5.74, 6) is 0.118. The second kappa shape index (κ2) is 6.34. The molecule has 0 spiro atoms. The zero-order chi connectivity index (χ0) is 11.2. The van der Waals surface area contributed by atoms with Gasteiger partial charge in [0.25, 0.3) is 0 Å². The van der Waals surface area contributed by atoms with Crippen molar-refractivity contribution in [3.05, 3.63) is 0 Å². The summed E-state index contributed by atoms with van der Waals surface area (Å²) in [6.07, 6.45) is 0.881. The van der Waals surface area contributed by atoms with Crippen LogP contribution in [-0.2, 0) is 19.3 Å². The Bertz CT molecular complexity index is 236. The number of nitrogens with one attached hydrogen (secondary N) is 1. The van der Waals surface area contributed by atoms with Crippen molar-refractivity contribution < 1.29 is 17.9 Å². The quantitative estimate of drug-likeness (QED) is 0.599. The Morgan fingerprint density at radius 2 is 1.79 bits per heavy atom. The maximum Gasteiger partial charge on any atom is 0.169 e. The highest BCUT2D eigenvalue weighted by molar-refractivity contribution is 7.90. The van der Waals surface area contributed by atoms with Crippen LogP contribution in [0.1, 0.15) is 6.92 Å². The Kier molecular flexibility index (Phi) is 6.26. The molecule has 1 unspecified atom stereocenters. The van der Waals surface area contributed by atoms with Gasteiger partial charge in [-0.1, -0.05) is 0 Å². The Labute approximate surface area is 85.7 Å². The van der Waals surface area contributed by atoms with E-state index in [0.29, 0.717) is 6.54 Å². The van der Waals surface area contributed by atoms with Crippen LogP contribution in [0.3, 0.4) is 0 Å². The Morgan fingerprint density at radius 3 is 2.14 bits per heavy atom. The molecule has 86 valence electrons. The van der Waals surface area contributed by atoms with Crippen LogP contribution in [0, 0.1) is 0 Å². The second-order valence-corrected chi connectivity index (χ2v) is 5.49. The van der Waals surface area contributed by atoms with Crippen LogP contribution < -0.4 is 5.32 Å². The Morgan fingerprint density at radius 1 is 1.29 bits per heavy atom. The maximum absolute atomic E-state index is 10.9. The molecule has 0 aliphatic rings. The van der Waals surface area contributed by atoms with E-state index < -0.39 is 9.84 Å². The molecule has 5 nitrogen and oxygen atoms in total. The van der Waals surface area contributed by atoms with Crippen molar-refractivity contribution >= 4 is 9.84 Å². The van der Waals surface area contributed by atoms with Crippen molar-refractivity contribution in [2.75, 3.05) is 32.8 Å². The van der Waals surface area contributed by atoms with Gasteiger partial charge in [-0.05, 0) is 6.92 Å². The van der Waals surface area contributed by atoms with Gasteiger partial charge in [-0.2, -0.15) is 0 Å². The van der Waals surface area contributed by atoms with Crippen LogP contribution in [0.4, 0.5) is 0 Å². The van der Waals surface area contributed by atoms with E-state index in [1.165, 1.54) is 20.5 Å². The van der Waals surface area contributed by atoms with E-state index in [4.69, 9.17) is 9.47 Å². The first-order valence-corrected chi connectivity index (χ1v) is 6.41. The summed E-state index contributed by atoms with van der Waals surface area (Å²) in [5, 5.41) is 3.01. The number of ether oxygens (including phenoxy) is 2. The molecule has 0 saturated heterocycles. The van der Waals surface area contributed by atoms with E-state index in [0.717, 1.165) is 0 Å². The van der Waals surface area contributed by atoms with E-state index in [-0.39, 0.29) is 18.1 Å². The molecule has 0 aromatic heterocycles. The minimum atomic E-state index is -2.93. The molecule has 0 heterocycles. The standard InChI is InChI=1S/C8H19NO4S/c1-7(6-14(4,10)11)9-5-8(12-2)13-3/h7-9H,5-6H2,1-4H3. The highest BCUT2D eigenvalue weighted by Gasteiger charge is 2.12. The number of hydrogen-bond acceptors (Lipinski definition) is 5. The van der Waals surface area contributed by atoms with Gasteiger partial charge in [-0.3, -0.25) is 0 Å². The topological polar surface area (TPSA) is 64.6 Å². The molecule has 0 fully saturated rings. The van der Waals surface area contributed by atoms with E-state index in [1.807, 2.05) is 6.92 Å². The minimum absolute atomic E-state index is 0.0993. The molecule has 0 saturated carbocycles. The lowest BCUT2D eigenvalue weighted by atomic mass is 10.4. The average Bonchev–Trinajstić information content (AvgIpc) is 2.03. The molecular weight excluding hydrogens is 206 g/mol. The van der Waals surface area contributed by atoms with Gasteiger partial charge in [-0.15, -0.1) is 0 Å². The van der Waals surface area contributed by atoms with Crippen LogP contribution in [0.25, 0.3) is 0 Å². The molecule has 0 amide bonds. The summed E-state index contributed by atoms with van der Waals surface area (Å²) in [6.45, 7) is 2.28. The van der Waals surface area contributed by atoms with Crippen molar-refractivity contribution in [2.24, 2.45) is 0 Å². The molecule has 0 aliphatic heterocycles. The van der Waals surface area contributed by atoms with E-state index >= 15 is 0 Å². The monoisotopic (exact) mass is 225 g/mol. The molecule has 0 bridgehead atoms. The third-order valence-corrected chi connectivity index (χ3v) is 2.82.